The standard InChI is InChI=1S/C11H12N4O2/c1-2-12-11(17)14-8-7-13-9-5-3-4-6-15(9)10(8)16/h3-7H,2H2,1H3,(H2,12,14,17). The number of urea groups is 1. The molecule has 2 rings (SSSR count). The molecule has 0 saturated heterocycles. The molecule has 0 aliphatic rings. The van der Waals surface area contributed by atoms with E-state index >= 15 is 0 Å². The van der Waals surface area contributed by atoms with E-state index in [0.717, 1.165) is 0 Å². The molecule has 0 spiro atoms. The first-order chi connectivity index (χ1) is 8.22. The van der Waals surface area contributed by atoms with Crippen LogP contribution in [-0.4, -0.2) is 22.0 Å². The van der Waals surface area contributed by atoms with Crippen molar-refractivity contribution in [3.63, 3.8) is 0 Å². The van der Waals surface area contributed by atoms with Gasteiger partial charge in [-0.05, 0) is 19.1 Å². The molecule has 17 heavy (non-hydrogen) atoms. The Morgan fingerprint density at radius 3 is 3.06 bits per heavy atom. The molecule has 0 fully saturated rings. The van der Waals surface area contributed by atoms with Crippen molar-refractivity contribution in [2.45, 2.75) is 6.92 Å². The number of hydrogen-bond donors (Lipinski definition) is 2. The van der Waals surface area contributed by atoms with Crippen molar-refractivity contribution in [2.24, 2.45) is 0 Å². The fourth-order valence-corrected chi connectivity index (χ4v) is 1.44. The van der Waals surface area contributed by atoms with Gasteiger partial charge in [-0.1, -0.05) is 6.07 Å². The van der Waals surface area contributed by atoms with Gasteiger partial charge in [-0.3, -0.25) is 9.20 Å². The lowest BCUT2D eigenvalue weighted by molar-refractivity contribution is 0.252. The largest absolute Gasteiger partial charge is 0.338 e. The summed E-state index contributed by atoms with van der Waals surface area (Å²) in [6, 6.07) is 4.82. The molecular formula is C11H12N4O2. The Hall–Kier alpha value is -2.37. The van der Waals surface area contributed by atoms with Gasteiger partial charge in [-0.15, -0.1) is 0 Å². The molecule has 0 bridgehead atoms. The number of aromatic nitrogens is 2. The zero-order chi connectivity index (χ0) is 12.3. The molecule has 0 saturated carbocycles. The number of carbonyl (C=O) groups excluding carboxylic acids is 1. The average molecular weight is 232 g/mol. The van der Waals surface area contributed by atoms with Crippen LogP contribution in [0.15, 0.2) is 35.4 Å². The molecule has 2 amide bonds. The highest BCUT2D eigenvalue weighted by atomic mass is 16.2. The third kappa shape index (κ3) is 2.25. The molecule has 0 aliphatic carbocycles. The van der Waals surface area contributed by atoms with E-state index in [2.05, 4.69) is 15.6 Å². The summed E-state index contributed by atoms with van der Waals surface area (Å²) in [7, 11) is 0. The predicted molar refractivity (Wildman–Crippen MR) is 64.2 cm³/mol. The highest BCUT2D eigenvalue weighted by molar-refractivity contribution is 5.88. The van der Waals surface area contributed by atoms with Crippen LogP contribution in [0.2, 0.25) is 0 Å². The summed E-state index contributed by atoms with van der Waals surface area (Å²) in [6.45, 7) is 2.29. The maximum atomic E-state index is 11.9. The zero-order valence-electron chi connectivity index (χ0n) is 9.30. The second-order valence-corrected chi connectivity index (χ2v) is 3.39. The maximum Gasteiger partial charge on any atom is 0.319 e. The number of carbonyl (C=O) groups is 1. The molecule has 0 atom stereocenters. The number of rotatable bonds is 2. The molecule has 0 aromatic carbocycles. The predicted octanol–water partition coefficient (Wildman–Crippen LogP) is 0.836. The van der Waals surface area contributed by atoms with E-state index in [9.17, 15) is 9.59 Å². The summed E-state index contributed by atoms with van der Waals surface area (Å²) in [6.07, 6.45) is 2.96. The lowest BCUT2D eigenvalue weighted by Gasteiger charge is -2.06. The van der Waals surface area contributed by atoms with Crippen molar-refractivity contribution in [1.82, 2.24) is 14.7 Å². The highest BCUT2D eigenvalue weighted by Gasteiger charge is 2.06. The van der Waals surface area contributed by atoms with E-state index in [4.69, 9.17) is 0 Å². The Labute approximate surface area is 97.3 Å². The van der Waals surface area contributed by atoms with Crippen LogP contribution >= 0.6 is 0 Å². The van der Waals surface area contributed by atoms with E-state index in [0.29, 0.717) is 12.2 Å². The van der Waals surface area contributed by atoms with E-state index in [1.54, 1.807) is 31.3 Å². The quantitative estimate of drug-likeness (QED) is 0.805. The Bertz CT molecular complexity index is 606. The van der Waals surface area contributed by atoms with Gasteiger partial charge >= 0.3 is 6.03 Å². The van der Waals surface area contributed by atoms with Crippen LogP contribution in [0.4, 0.5) is 10.5 Å². The number of nitrogens with zero attached hydrogens (tertiary/aromatic N) is 2. The second-order valence-electron chi connectivity index (χ2n) is 3.39. The summed E-state index contributed by atoms with van der Waals surface area (Å²) in [5.74, 6) is 0. The van der Waals surface area contributed by atoms with Crippen molar-refractivity contribution in [3.05, 3.63) is 40.9 Å². The summed E-state index contributed by atoms with van der Waals surface area (Å²) in [4.78, 5) is 27.3. The number of nitrogens with one attached hydrogen (secondary N) is 2. The van der Waals surface area contributed by atoms with E-state index < -0.39 is 6.03 Å². The molecule has 2 N–H and O–H groups in total. The van der Waals surface area contributed by atoms with E-state index in [-0.39, 0.29) is 11.2 Å². The molecule has 0 unspecified atom stereocenters. The molecule has 2 aromatic heterocycles. The van der Waals surface area contributed by atoms with Crippen LogP contribution < -0.4 is 16.2 Å². The monoisotopic (exact) mass is 232 g/mol. The first-order valence-electron chi connectivity index (χ1n) is 5.23. The highest BCUT2D eigenvalue weighted by Crippen LogP contribution is 2.00. The molecule has 6 nitrogen and oxygen atoms in total. The number of pyridine rings is 1. The molecule has 2 heterocycles. The summed E-state index contributed by atoms with van der Waals surface area (Å²) in [5.41, 5.74) is 0.389. The van der Waals surface area contributed by atoms with Gasteiger partial charge < -0.3 is 10.6 Å². The second kappa shape index (κ2) is 4.65. The van der Waals surface area contributed by atoms with E-state index in [1.807, 2.05) is 0 Å². The number of amides is 2. The van der Waals surface area contributed by atoms with Gasteiger partial charge in [-0.2, -0.15) is 0 Å². The Morgan fingerprint density at radius 2 is 2.29 bits per heavy atom. The molecule has 0 aliphatic heterocycles. The van der Waals surface area contributed by atoms with Crippen molar-refractivity contribution < 1.29 is 4.79 Å². The number of fused-ring (bicyclic) bond motifs is 1. The van der Waals surface area contributed by atoms with Crippen molar-refractivity contribution in [2.75, 3.05) is 11.9 Å². The maximum absolute atomic E-state index is 11.9. The fraction of sp³-hybridized carbons (Fsp3) is 0.182. The number of hydrogen-bond acceptors (Lipinski definition) is 3. The van der Waals surface area contributed by atoms with Gasteiger partial charge in [0.15, 0.2) is 0 Å². The average Bonchev–Trinajstić information content (AvgIpc) is 2.33. The molecular weight excluding hydrogens is 220 g/mol. The van der Waals surface area contributed by atoms with Crippen molar-refractivity contribution in [3.8, 4) is 0 Å². The SMILES string of the molecule is CCNC(=O)Nc1cnc2ccccn2c1=O. The summed E-state index contributed by atoms with van der Waals surface area (Å²) >= 11 is 0. The third-order valence-electron chi connectivity index (χ3n) is 2.20. The third-order valence-corrected chi connectivity index (χ3v) is 2.20. The minimum atomic E-state index is -0.415. The van der Waals surface area contributed by atoms with Gasteiger partial charge in [0.05, 0.1) is 6.20 Å². The molecule has 6 heteroatoms. The fourth-order valence-electron chi connectivity index (χ4n) is 1.44. The van der Waals surface area contributed by atoms with Gasteiger partial charge in [0.2, 0.25) is 0 Å². The van der Waals surface area contributed by atoms with Crippen LogP contribution in [0.1, 0.15) is 6.92 Å². The molecule has 0 radical (unpaired) electrons. The smallest absolute Gasteiger partial charge is 0.319 e. The van der Waals surface area contributed by atoms with Crippen LogP contribution in [0.3, 0.4) is 0 Å². The number of anilines is 1. The Balaban J connectivity index is 2.39. The summed E-state index contributed by atoms with van der Waals surface area (Å²) < 4.78 is 1.38. The van der Waals surface area contributed by atoms with Gasteiger partial charge in [0.1, 0.15) is 11.3 Å². The zero-order valence-corrected chi connectivity index (χ0v) is 9.30. The van der Waals surface area contributed by atoms with Crippen LogP contribution in [0, 0.1) is 0 Å². The lowest BCUT2D eigenvalue weighted by Crippen LogP contribution is -2.31. The topological polar surface area (TPSA) is 75.5 Å². The van der Waals surface area contributed by atoms with Gasteiger partial charge in [0.25, 0.3) is 5.56 Å². The Morgan fingerprint density at radius 1 is 1.47 bits per heavy atom. The van der Waals surface area contributed by atoms with Crippen LogP contribution in [-0.2, 0) is 0 Å². The Kier molecular flexibility index (Phi) is 3.04. The van der Waals surface area contributed by atoms with Gasteiger partial charge in [0, 0.05) is 12.7 Å². The molecule has 88 valence electrons. The first-order valence-corrected chi connectivity index (χ1v) is 5.23. The minimum Gasteiger partial charge on any atom is -0.338 e. The summed E-state index contributed by atoms with van der Waals surface area (Å²) in [5, 5.41) is 5.00. The normalized spacial score (nSPS) is 10.2. The molecule has 2 aromatic rings. The van der Waals surface area contributed by atoms with Crippen LogP contribution in [0.5, 0.6) is 0 Å². The lowest BCUT2D eigenvalue weighted by atomic mass is 10.4. The van der Waals surface area contributed by atoms with Gasteiger partial charge in [-0.25, -0.2) is 9.78 Å². The van der Waals surface area contributed by atoms with E-state index in [1.165, 1.54) is 10.6 Å². The van der Waals surface area contributed by atoms with Crippen LogP contribution in [0.25, 0.3) is 5.65 Å². The first kappa shape index (κ1) is 11.1. The minimum absolute atomic E-state index is 0.152. The van der Waals surface area contributed by atoms with Crippen molar-refractivity contribution >= 4 is 17.4 Å². The van der Waals surface area contributed by atoms with Crippen molar-refractivity contribution in [1.29, 1.82) is 0 Å².